The maximum Gasteiger partial charge on any atom is 0.0547 e. The molecule has 0 spiro atoms. The molecule has 13 rings (SSSR count). The van der Waals surface area contributed by atoms with Crippen LogP contribution >= 0.6 is 0 Å². The summed E-state index contributed by atoms with van der Waals surface area (Å²) in [5.41, 5.74) is 14.0. The van der Waals surface area contributed by atoms with Gasteiger partial charge >= 0.3 is 0 Å². The van der Waals surface area contributed by atoms with Crippen molar-refractivity contribution in [2.75, 3.05) is 4.90 Å². The van der Waals surface area contributed by atoms with E-state index in [1.165, 1.54) is 92.7 Å². The molecule has 0 saturated heterocycles. The molecule has 308 valence electrons. The van der Waals surface area contributed by atoms with E-state index in [4.69, 9.17) is 0 Å². The summed E-state index contributed by atoms with van der Waals surface area (Å²) in [5.74, 6) is 0. The molecule has 0 bridgehead atoms. The summed E-state index contributed by atoms with van der Waals surface area (Å²) < 4.78 is 2.43. The second-order valence-electron chi connectivity index (χ2n) is 17.3. The Morgan fingerprint density at radius 2 is 0.742 bits per heavy atom. The molecule has 1 aromatic heterocycles. The number of fused-ring (bicyclic) bond motifs is 9. The molecular weight excluding hydrogens is 797 g/mol. The summed E-state index contributed by atoms with van der Waals surface area (Å²) in [5, 5.41) is 12.5. The fourth-order valence-corrected chi connectivity index (χ4v) is 10.5. The molecule has 66 heavy (non-hydrogen) atoms. The number of benzene rings is 12. The molecule has 0 unspecified atom stereocenters. The molecule has 0 saturated carbocycles. The largest absolute Gasteiger partial charge is 0.310 e. The first-order valence-electron chi connectivity index (χ1n) is 22.7. The van der Waals surface area contributed by atoms with Gasteiger partial charge in [-0.2, -0.15) is 0 Å². The van der Waals surface area contributed by atoms with Gasteiger partial charge in [-0.15, -0.1) is 0 Å². The molecule has 0 aliphatic heterocycles. The highest BCUT2D eigenvalue weighted by Crippen LogP contribution is 2.45. The third kappa shape index (κ3) is 6.26. The summed E-state index contributed by atoms with van der Waals surface area (Å²) in [6.07, 6.45) is 0. The fraction of sp³-hybridized carbons (Fsp3) is 0. The first-order chi connectivity index (χ1) is 32.7. The van der Waals surface area contributed by atoms with Crippen LogP contribution in [0.4, 0.5) is 17.1 Å². The van der Waals surface area contributed by atoms with Crippen LogP contribution in [0.3, 0.4) is 0 Å². The summed E-state index contributed by atoms with van der Waals surface area (Å²) in [6, 6.07) is 93.3. The highest BCUT2D eigenvalue weighted by atomic mass is 15.1. The second kappa shape index (κ2) is 15.5. The average molecular weight is 839 g/mol. The van der Waals surface area contributed by atoms with Gasteiger partial charge in [0.25, 0.3) is 0 Å². The van der Waals surface area contributed by atoms with E-state index in [-0.39, 0.29) is 0 Å². The number of rotatable bonds is 7. The van der Waals surface area contributed by atoms with Crippen LogP contribution in [0.1, 0.15) is 0 Å². The van der Waals surface area contributed by atoms with Crippen LogP contribution in [0.25, 0.3) is 104 Å². The minimum absolute atomic E-state index is 1.09. The molecule has 0 atom stereocenters. The van der Waals surface area contributed by atoms with Crippen molar-refractivity contribution in [1.82, 2.24) is 4.57 Å². The molecule has 0 N–H and O–H groups in total. The number of hydrogen-bond acceptors (Lipinski definition) is 1. The molecule has 0 fully saturated rings. The molecule has 0 aliphatic carbocycles. The first-order valence-corrected chi connectivity index (χ1v) is 22.7. The van der Waals surface area contributed by atoms with E-state index in [9.17, 15) is 0 Å². The summed E-state index contributed by atoms with van der Waals surface area (Å²) in [4.78, 5) is 2.41. The van der Waals surface area contributed by atoms with E-state index in [2.05, 4.69) is 264 Å². The van der Waals surface area contributed by atoms with Crippen LogP contribution in [0, 0.1) is 0 Å². The Kier molecular flexibility index (Phi) is 8.89. The molecule has 1 heterocycles. The zero-order chi connectivity index (χ0) is 43.6. The van der Waals surface area contributed by atoms with Crippen molar-refractivity contribution in [3.8, 4) is 39.1 Å². The zero-order valence-corrected chi connectivity index (χ0v) is 36.1. The number of para-hydroxylation sites is 1. The predicted molar refractivity (Wildman–Crippen MR) is 282 cm³/mol. The Labute approximate surface area is 383 Å². The maximum atomic E-state index is 2.43. The van der Waals surface area contributed by atoms with Gasteiger partial charge < -0.3 is 9.47 Å². The van der Waals surface area contributed by atoms with Gasteiger partial charge in [-0.05, 0) is 143 Å². The van der Waals surface area contributed by atoms with E-state index < -0.39 is 0 Å². The Morgan fingerprint density at radius 1 is 0.258 bits per heavy atom. The lowest BCUT2D eigenvalue weighted by Gasteiger charge is -2.27. The third-order valence-electron chi connectivity index (χ3n) is 13.5. The molecular formula is C64H42N2. The summed E-state index contributed by atoms with van der Waals surface area (Å²) >= 11 is 0. The minimum Gasteiger partial charge on any atom is -0.310 e. The fourth-order valence-electron chi connectivity index (χ4n) is 10.5. The quantitative estimate of drug-likeness (QED) is 0.145. The molecule has 13 aromatic rings. The Bertz CT molecular complexity index is 3980. The second-order valence-corrected chi connectivity index (χ2v) is 17.3. The van der Waals surface area contributed by atoms with Crippen LogP contribution in [0.5, 0.6) is 0 Å². The zero-order valence-electron chi connectivity index (χ0n) is 36.1. The van der Waals surface area contributed by atoms with Gasteiger partial charge in [0.15, 0.2) is 0 Å². The Balaban J connectivity index is 0.987. The van der Waals surface area contributed by atoms with Crippen LogP contribution in [0.2, 0.25) is 0 Å². The number of nitrogens with zero attached hydrogens (tertiary/aromatic N) is 2. The van der Waals surface area contributed by atoms with Crippen LogP contribution in [0.15, 0.2) is 255 Å². The van der Waals surface area contributed by atoms with Crippen molar-refractivity contribution in [3.05, 3.63) is 255 Å². The van der Waals surface area contributed by atoms with Crippen LogP contribution in [-0.4, -0.2) is 4.57 Å². The lowest BCUT2D eigenvalue weighted by molar-refractivity contribution is 1.18. The molecule has 0 amide bonds. The highest BCUT2D eigenvalue weighted by molar-refractivity contribution is 6.21. The van der Waals surface area contributed by atoms with Crippen molar-refractivity contribution < 1.29 is 0 Å². The third-order valence-corrected chi connectivity index (χ3v) is 13.5. The molecule has 0 radical (unpaired) electrons. The first kappa shape index (κ1) is 37.8. The smallest absolute Gasteiger partial charge is 0.0547 e. The van der Waals surface area contributed by atoms with Gasteiger partial charge in [-0.3, -0.25) is 0 Å². The Hall–Kier alpha value is -8.72. The van der Waals surface area contributed by atoms with Gasteiger partial charge in [0, 0.05) is 33.5 Å². The van der Waals surface area contributed by atoms with Crippen molar-refractivity contribution in [2.45, 2.75) is 0 Å². The number of hydrogen-bond donors (Lipinski definition) is 0. The van der Waals surface area contributed by atoms with E-state index in [1.807, 2.05) is 0 Å². The Morgan fingerprint density at radius 3 is 1.42 bits per heavy atom. The number of aromatic nitrogens is 1. The van der Waals surface area contributed by atoms with Crippen molar-refractivity contribution in [2.24, 2.45) is 0 Å². The molecule has 0 aliphatic rings. The molecule has 12 aromatic carbocycles. The normalized spacial score (nSPS) is 11.6. The summed E-state index contributed by atoms with van der Waals surface area (Å²) in [7, 11) is 0. The van der Waals surface area contributed by atoms with E-state index in [1.54, 1.807) is 0 Å². The standard InChI is InChI=1S/C64H42N2/c1-3-14-44(15-4-1)59-24-12-26-61-63(59)64-60(25-13-27-62(64)66(61)51-19-5-2-6-20-51)48-18-11-21-53(41-48)65(54-37-39-58-50(42-54)31-29-46-17-8-10-23-56(46)58)52-35-32-43(33-36-52)47-34-38-57-49(40-47)30-28-45-16-7-9-22-55(45)57/h1-42H. The number of anilines is 3. The van der Waals surface area contributed by atoms with Gasteiger partial charge in [0.05, 0.1) is 11.0 Å². The van der Waals surface area contributed by atoms with Gasteiger partial charge in [-0.1, -0.05) is 188 Å². The van der Waals surface area contributed by atoms with Crippen molar-refractivity contribution in [3.63, 3.8) is 0 Å². The topological polar surface area (TPSA) is 8.17 Å². The summed E-state index contributed by atoms with van der Waals surface area (Å²) in [6.45, 7) is 0. The van der Waals surface area contributed by atoms with Crippen LogP contribution < -0.4 is 4.90 Å². The SMILES string of the molecule is c1ccc(-c2cccc3c2c2c(-c4cccc(N(c5ccc(-c6ccc7c(ccc8ccccc87)c6)cc5)c5ccc6c(ccc7ccccc76)c5)c4)cccc2n3-c2ccccc2)cc1. The van der Waals surface area contributed by atoms with E-state index in [0.29, 0.717) is 0 Å². The predicted octanol–water partition coefficient (Wildman–Crippen LogP) is 17.9. The highest BCUT2D eigenvalue weighted by Gasteiger charge is 2.21. The van der Waals surface area contributed by atoms with Gasteiger partial charge in [-0.25, -0.2) is 0 Å². The average Bonchev–Trinajstić information content (AvgIpc) is 3.74. The van der Waals surface area contributed by atoms with Gasteiger partial charge in [0.1, 0.15) is 0 Å². The van der Waals surface area contributed by atoms with Crippen molar-refractivity contribution >= 4 is 82.0 Å². The maximum absolute atomic E-state index is 2.43. The molecule has 2 nitrogen and oxygen atoms in total. The van der Waals surface area contributed by atoms with Gasteiger partial charge in [0.2, 0.25) is 0 Å². The lowest BCUT2D eigenvalue weighted by atomic mass is 9.94. The molecule has 2 heteroatoms. The lowest BCUT2D eigenvalue weighted by Crippen LogP contribution is -2.10. The van der Waals surface area contributed by atoms with Crippen molar-refractivity contribution in [1.29, 1.82) is 0 Å². The van der Waals surface area contributed by atoms with E-state index in [0.717, 1.165) is 28.3 Å². The minimum atomic E-state index is 1.09. The van der Waals surface area contributed by atoms with Crippen LogP contribution in [-0.2, 0) is 0 Å². The van der Waals surface area contributed by atoms with E-state index >= 15 is 0 Å². The monoisotopic (exact) mass is 838 g/mol.